The lowest BCUT2D eigenvalue weighted by atomic mass is 10.0. The average Bonchev–Trinajstić information content (AvgIpc) is 3.06. The zero-order valence-corrected chi connectivity index (χ0v) is 15.9. The van der Waals surface area contributed by atoms with Gasteiger partial charge in [-0.3, -0.25) is 0 Å². The summed E-state index contributed by atoms with van der Waals surface area (Å²) in [5.41, 5.74) is 15.0. The van der Waals surface area contributed by atoms with Crippen LogP contribution < -0.4 is 11.5 Å². The molecular formula is C21H16BrN5. The van der Waals surface area contributed by atoms with Gasteiger partial charge in [0.25, 0.3) is 0 Å². The highest BCUT2D eigenvalue weighted by molar-refractivity contribution is 9.10. The van der Waals surface area contributed by atoms with Crippen LogP contribution in [0.25, 0.3) is 32.6 Å². The van der Waals surface area contributed by atoms with E-state index in [9.17, 15) is 0 Å². The number of rotatable bonds is 2. The molecule has 0 saturated carbocycles. The van der Waals surface area contributed by atoms with Crippen LogP contribution in [0.15, 0.2) is 65.3 Å². The topological polar surface area (TPSA) is 82.7 Å². The average molecular weight is 418 g/mol. The van der Waals surface area contributed by atoms with Crippen LogP contribution in [0.1, 0.15) is 5.56 Å². The Balaban J connectivity index is 1.69. The minimum absolute atomic E-state index is 0.195. The van der Waals surface area contributed by atoms with Crippen molar-refractivity contribution in [3.8, 4) is 0 Å². The number of nitrogens with zero attached hydrogens (tertiary/aromatic N) is 3. The Morgan fingerprint density at radius 2 is 1.67 bits per heavy atom. The van der Waals surface area contributed by atoms with Crippen molar-refractivity contribution in [3.63, 3.8) is 0 Å². The lowest BCUT2D eigenvalue weighted by Crippen LogP contribution is -2.01. The van der Waals surface area contributed by atoms with Gasteiger partial charge in [-0.2, -0.15) is 4.98 Å². The highest BCUT2D eigenvalue weighted by atomic mass is 79.9. The Morgan fingerprint density at radius 1 is 0.852 bits per heavy atom. The second kappa shape index (κ2) is 5.96. The predicted molar refractivity (Wildman–Crippen MR) is 115 cm³/mol. The third kappa shape index (κ3) is 2.52. The summed E-state index contributed by atoms with van der Waals surface area (Å²) in [6.07, 6.45) is 2.08. The van der Waals surface area contributed by atoms with Crippen molar-refractivity contribution in [2.45, 2.75) is 6.54 Å². The number of benzene rings is 3. The first-order valence-electron chi connectivity index (χ1n) is 8.58. The molecule has 0 saturated heterocycles. The summed E-state index contributed by atoms with van der Waals surface area (Å²) in [5.74, 6) is 0.607. The van der Waals surface area contributed by atoms with Crippen molar-refractivity contribution in [3.05, 3.63) is 70.8 Å². The monoisotopic (exact) mass is 417 g/mol. The molecule has 0 radical (unpaired) electrons. The smallest absolute Gasteiger partial charge is 0.222 e. The maximum absolute atomic E-state index is 6.13. The molecule has 0 aliphatic carbocycles. The van der Waals surface area contributed by atoms with E-state index in [4.69, 9.17) is 11.5 Å². The summed E-state index contributed by atoms with van der Waals surface area (Å²) in [6, 6.07) is 18.8. The van der Waals surface area contributed by atoms with E-state index in [1.54, 1.807) is 0 Å². The van der Waals surface area contributed by atoms with E-state index in [2.05, 4.69) is 85.2 Å². The summed E-state index contributed by atoms with van der Waals surface area (Å²) in [6.45, 7) is 0.762. The molecule has 2 aromatic heterocycles. The fourth-order valence-electron chi connectivity index (χ4n) is 3.74. The number of halogens is 1. The summed E-state index contributed by atoms with van der Waals surface area (Å²) >= 11 is 3.64. The summed E-state index contributed by atoms with van der Waals surface area (Å²) in [4.78, 5) is 8.43. The van der Waals surface area contributed by atoms with Crippen LogP contribution in [0.4, 0.5) is 11.8 Å². The van der Waals surface area contributed by atoms with Gasteiger partial charge in [0.05, 0.1) is 10.9 Å². The Morgan fingerprint density at radius 3 is 2.52 bits per heavy atom. The summed E-state index contributed by atoms with van der Waals surface area (Å²) in [7, 11) is 0. The Labute approximate surface area is 163 Å². The maximum atomic E-state index is 6.13. The molecule has 5 nitrogen and oxygen atoms in total. The number of hydrogen-bond donors (Lipinski definition) is 2. The van der Waals surface area contributed by atoms with Gasteiger partial charge in [-0.25, -0.2) is 4.98 Å². The first-order valence-corrected chi connectivity index (χ1v) is 9.38. The van der Waals surface area contributed by atoms with Gasteiger partial charge in [0.15, 0.2) is 0 Å². The number of nitrogens with two attached hydrogens (primary N) is 2. The van der Waals surface area contributed by atoms with Crippen LogP contribution in [-0.4, -0.2) is 14.5 Å². The fourth-order valence-corrected chi connectivity index (χ4v) is 4.21. The van der Waals surface area contributed by atoms with Gasteiger partial charge in [0.2, 0.25) is 5.95 Å². The third-order valence-electron chi connectivity index (χ3n) is 4.96. The number of hydrogen-bond acceptors (Lipinski definition) is 4. The lowest BCUT2D eigenvalue weighted by molar-refractivity contribution is 0.843. The van der Waals surface area contributed by atoms with Gasteiger partial charge in [0.1, 0.15) is 5.82 Å². The second-order valence-corrected chi connectivity index (χ2v) is 7.41. The normalized spacial score (nSPS) is 11.6. The van der Waals surface area contributed by atoms with E-state index in [-0.39, 0.29) is 5.95 Å². The molecule has 0 fully saturated rings. The SMILES string of the molecule is Nc1nc(N)c2c(ccc3c2ccn3Cc2ccc(Br)c3ccccc23)n1. The van der Waals surface area contributed by atoms with Crippen molar-refractivity contribution in [1.29, 1.82) is 0 Å². The van der Waals surface area contributed by atoms with Crippen LogP contribution in [0.2, 0.25) is 0 Å². The molecule has 0 amide bonds. The molecule has 132 valence electrons. The summed E-state index contributed by atoms with van der Waals surface area (Å²) in [5, 5.41) is 4.34. The lowest BCUT2D eigenvalue weighted by Gasteiger charge is -2.11. The van der Waals surface area contributed by atoms with Gasteiger partial charge >= 0.3 is 0 Å². The molecule has 2 heterocycles. The van der Waals surface area contributed by atoms with Crippen LogP contribution in [0, 0.1) is 0 Å². The van der Waals surface area contributed by atoms with Crippen molar-refractivity contribution in [1.82, 2.24) is 14.5 Å². The highest BCUT2D eigenvalue weighted by Gasteiger charge is 2.12. The Bertz CT molecular complexity index is 1340. The first-order chi connectivity index (χ1) is 13.1. The second-order valence-electron chi connectivity index (χ2n) is 6.56. The number of aromatic nitrogens is 3. The van der Waals surface area contributed by atoms with Gasteiger partial charge in [-0.05, 0) is 40.6 Å². The minimum atomic E-state index is 0.195. The van der Waals surface area contributed by atoms with Gasteiger partial charge in [-0.1, -0.05) is 46.3 Å². The van der Waals surface area contributed by atoms with Crippen LogP contribution in [0.5, 0.6) is 0 Å². The third-order valence-corrected chi connectivity index (χ3v) is 5.65. The van der Waals surface area contributed by atoms with E-state index in [1.807, 2.05) is 6.07 Å². The number of fused-ring (bicyclic) bond motifs is 4. The molecule has 5 aromatic rings. The van der Waals surface area contributed by atoms with Gasteiger partial charge in [0, 0.05) is 28.1 Å². The highest BCUT2D eigenvalue weighted by Crippen LogP contribution is 2.31. The first kappa shape index (κ1) is 16.1. The molecule has 6 heteroatoms. The van der Waals surface area contributed by atoms with E-state index in [0.29, 0.717) is 5.82 Å². The maximum Gasteiger partial charge on any atom is 0.222 e. The number of nitrogen functional groups attached to an aromatic ring is 2. The Kier molecular flexibility index (Phi) is 3.55. The molecule has 0 spiro atoms. The number of anilines is 2. The van der Waals surface area contributed by atoms with Crippen LogP contribution in [-0.2, 0) is 6.54 Å². The molecule has 5 rings (SSSR count). The van der Waals surface area contributed by atoms with Gasteiger partial charge < -0.3 is 16.0 Å². The van der Waals surface area contributed by atoms with Crippen LogP contribution >= 0.6 is 15.9 Å². The molecule has 0 aliphatic rings. The van der Waals surface area contributed by atoms with Crippen molar-refractivity contribution in [2.24, 2.45) is 0 Å². The molecule has 3 aromatic carbocycles. The molecular weight excluding hydrogens is 402 g/mol. The van der Waals surface area contributed by atoms with E-state index >= 15 is 0 Å². The van der Waals surface area contributed by atoms with E-state index in [1.165, 1.54) is 16.3 Å². The standard InChI is InChI=1S/C21H16BrN5/c22-16-6-5-12(13-3-1-2-4-14(13)16)11-27-10-9-15-18(27)8-7-17-19(15)20(23)26-21(24)25-17/h1-10H,11H2,(H4,23,24,25,26). The van der Waals surface area contributed by atoms with Crippen LogP contribution in [0.3, 0.4) is 0 Å². The van der Waals surface area contributed by atoms with E-state index < -0.39 is 0 Å². The zero-order valence-electron chi connectivity index (χ0n) is 14.4. The predicted octanol–water partition coefficient (Wildman–Crippen LogP) is 4.71. The summed E-state index contributed by atoms with van der Waals surface area (Å²) < 4.78 is 3.33. The molecule has 0 unspecified atom stereocenters. The van der Waals surface area contributed by atoms with Gasteiger partial charge in [-0.15, -0.1) is 0 Å². The Hall–Kier alpha value is -3.12. The quantitative estimate of drug-likeness (QED) is 0.435. The molecule has 0 aliphatic heterocycles. The molecule has 27 heavy (non-hydrogen) atoms. The largest absolute Gasteiger partial charge is 0.383 e. The molecule has 4 N–H and O–H groups in total. The van der Waals surface area contributed by atoms with Crippen molar-refractivity contribution in [2.75, 3.05) is 11.5 Å². The fraction of sp³-hybridized carbons (Fsp3) is 0.0476. The van der Waals surface area contributed by atoms with Crippen molar-refractivity contribution >= 4 is 60.3 Å². The van der Waals surface area contributed by atoms with Crippen molar-refractivity contribution < 1.29 is 0 Å². The molecule has 0 atom stereocenters. The van der Waals surface area contributed by atoms with E-state index in [0.717, 1.165) is 32.8 Å². The molecule has 0 bridgehead atoms. The minimum Gasteiger partial charge on any atom is -0.383 e. The zero-order chi connectivity index (χ0) is 18.5.